The highest BCUT2D eigenvalue weighted by Crippen LogP contribution is 2.18. The van der Waals surface area contributed by atoms with Gasteiger partial charge < -0.3 is 15.5 Å². The molecule has 0 aliphatic carbocycles. The molecule has 0 saturated carbocycles. The van der Waals surface area contributed by atoms with Gasteiger partial charge in [0.05, 0.1) is 18.5 Å². The highest BCUT2D eigenvalue weighted by Gasteiger charge is 2.12. The third-order valence-corrected chi connectivity index (χ3v) is 5.14. The Morgan fingerprint density at radius 1 is 1.28 bits per heavy atom. The van der Waals surface area contributed by atoms with E-state index in [1.54, 1.807) is 11.8 Å². The van der Waals surface area contributed by atoms with Crippen molar-refractivity contribution in [2.45, 2.75) is 31.6 Å². The van der Waals surface area contributed by atoms with Crippen LogP contribution >= 0.6 is 11.8 Å². The molecule has 0 unspecified atom stereocenters. The summed E-state index contributed by atoms with van der Waals surface area (Å²) >= 11 is 1.78. The second-order valence-electron chi connectivity index (χ2n) is 6.20. The van der Waals surface area contributed by atoms with E-state index in [4.69, 9.17) is 10.2 Å². The molecular formula is C17H25N5O2S. The molecule has 3 rings (SSSR count). The van der Waals surface area contributed by atoms with Gasteiger partial charge in [0.2, 0.25) is 5.95 Å². The summed E-state index contributed by atoms with van der Waals surface area (Å²) in [6, 6.07) is 4.16. The number of nitrogens with two attached hydrogens (primary N) is 1. The molecule has 2 aromatic rings. The molecule has 1 saturated heterocycles. The smallest absolute Gasteiger partial charge is 0.275 e. The number of rotatable bonds is 8. The molecule has 1 aliphatic heterocycles. The molecule has 0 aromatic carbocycles. The minimum absolute atomic E-state index is 0.123. The Kier molecular flexibility index (Phi) is 6.41. The fraction of sp³-hybridized carbons (Fsp3) is 0.529. The molecule has 3 heterocycles. The van der Waals surface area contributed by atoms with Crippen LogP contribution in [0.3, 0.4) is 0 Å². The van der Waals surface area contributed by atoms with Gasteiger partial charge >= 0.3 is 0 Å². The number of likely N-dealkylation sites (tertiary alicyclic amines) is 1. The van der Waals surface area contributed by atoms with Crippen LogP contribution in [0.1, 0.15) is 30.8 Å². The zero-order valence-electron chi connectivity index (χ0n) is 14.3. The molecule has 4 N–H and O–H groups in total. The number of nitrogens with zero attached hydrogens (tertiary/aromatic N) is 2. The lowest BCUT2D eigenvalue weighted by atomic mass is 10.1. The first-order valence-electron chi connectivity index (χ1n) is 8.67. The van der Waals surface area contributed by atoms with Crippen LogP contribution in [0.2, 0.25) is 0 Å². The molecular weight excluding hydrogens is 338 g/mol. The van der Waals surface area contributed by atoms with E-state index in [0.29, 0.717) is 12.5 Å². The average Bonchev–Trinajstić information content (AvgIpc) is 3.06. The average molecular weight is 363 g/mol. The quantitative estimate of drug-likeness (QED) is 0.619. The molecule has 1 fully saturated rings. The van der Waals surface area contributed by atoms with Crippen LogP contribution in [0.5, 0.6) is 0 Å². The van der Waals surface area contributed by atoms with Crippen molar-refractivity contribution >= 4 is 23.4 Å². The Morgan fingerprint density at radius 2 is 2.08 bits per heavy atom. The van der Waals surface area contributed by atoms with Gasteiger partial charge in [0.15, 0.2) is 0 Å². The zero-order valence-corrected chi connectivity index (χ0v) is 15.1. The van der Waals surface area contributed by atoms with E-state index >= 15 is 0 Å². The zero-order chi connectivity index (χ0) is 17.5. The van der Waals surface area contributed by atoms with Crippen molar-refractivity contribution < 1.29 is 4.42 Å². The normalized spacial score (nSPS) is 15.4. The van der Waals surface area contributed by atoms with E-state index in [-0.39, 0.29) is 11.2 Å². The van der Waals surface area contributed by atoms with Crippen LogP contribution in [0.4, 0.5) is 11.6 Å². The molecule has 7 nitrogen and oxygen atoms in total. The van der Waals surface area contributed by atoms with Crippen LogP contribution < -0.4 is 16.6 Å². The van der Waals surface area contributed by atoms with Crippen molar-refractivity contribution in [3.63, 3.8) is 0 Å². The first-order chi connectivity index (χ1) is 12.2. The maximum Gasteiger partial charge on any atom is 0.275 e. The molecule has 0 bridgehead atoms. The second-order valence-corrected chi connectivity index (χ2v) is 7.31. The number of furan rings is 1. The Hall–Kier alpha value is -1.93. The number of nitrogens with one attached hydrogen (secondary N) is 2. The molecule has 0 amide bonds. The fourth-order valence-electron chi connectivity index (χ4n) is 2.83. The maximum atomic E-state index is 11.4. The number of thioether (sulfide) groups is 1. The summed E-state index contributed by atoms with van der Waals surface area (Å²) in [6.07, 6.45) is 5.31. The maximum absolute atomic E-state index is 11.4. The first kappa shape index (κ1) is 17.9. The monoisotopic (exact) mass is 363 g/mol. The van der Waals surface area contributed by atoms with Crippen molar-refractivity contribution in [3.8, 4) is 0 Å². The summed E-state index contributed by atoms with van der Waals surface area (Å²) < 4.78 is 5.92. The van der Waals surface area contributed by atoms with E-state index in [1.165, 1.54) is 38.5 Å². The number of H-pyrrole nitrogens is 1. The number of hydrogen-bond donors (Lipinski definition) is 3. The van der Waals surface area contributed by atoms with Gasteiger partial charge in [0.1, 0.15) is 17.2 Å². The van der Waals surface area contributed by atoms with E-state index in [9.17, 15) is 4.79 Å². The summed E-state index contributed by atoms with van der Waals surface area (Å²) in [5.74, 6) is 4.24. The van der Waals surface area contributed by atoms with Crippen LogP contribution in [-0.2, 0) is 12.3 Å². The van der Waals surface area contributed by atoms with Crippen LogP contribution in [0.25, 0.3) is 0 Å². The van der Waals surface area contributed by atoms with Gasteiger partial charge in [-0.3, -0.25) is 14.7 Å². The number of hydrogen-bond acceptors (Lipinski definition) is 7. The highest BCUT2D eigenvalue weighted by atomic mass is 32.2. The molecule has 25 heavy (non-hydrogen) atoms. The minimum atomic E-state index is -0.318. The summed E-state index contributed by atoms with van der Waals surface area (Å²) in [5.41, 5.74) is 5.24. The fourth-order valence-corrected chi connectivity index (χ4v) is 3.58. The van der Waals surface area contributed by atoms with Crippen molar-refractivity contribution in [1.82, 2.24) is 14.9 Å². The lowest BCUT2D eigenvalue weighted by Crippen LogP contribution is -2.28. The van der Waals surface area contributed by atoms with Crippen molar-refractivity contribution in [2.75, 3.05) is 36.4 Å². The number of anilines is 2. The standard InChI is InChI=1S/C17H25N5O2S/c18-15-10-20-17(21-16(15)23)19-6-9-25-12-14-5-4-13(24-14)11-22-7-2-1-3-8-22/h4-5,10H,1-3,6-9,11-12,18H2,(H2,19,20,21,23). The molecule has 0 spiro atoms. The lowest BCUT2D eigenvalue weighted by molar-refractivity contribution is 0.204. The second kappa shape index (κ2) is 8.96. The number of aromatic nitrogens is 2. The van der Waals surface area contributed by atoms with E-state index in [1.807, 2.05) is 0 Å². The van der Waals surface area contributed by atoms with Gasteiger partial charge in [-0.1, -0.05) is 6.42 Å². The number of piperidine rings is 1. The van der Waals surface area contributed by atoms with Gasteiger partial charge in [-0.15, -0.1) is 0 Å². The molecule has 0 atom stereocenters. The molecule has 1 aliphatic rings. The Bertz CT molecular complexity index is 724. The molecule has 0 radical (unpaired) electrons. The van der Waals surface area contributed by atoms with Crippen LogP contribution in [0.15, 0.2) is 27.5 Å². The Morgan fingerprint density at radius 3 is 2.88 bits per heavy atom. The summed E-state index contributed by atoms with van der Waals surface area (Å²) in [5, 5.41) is 3.08. The summed E-state index contributed by atoms with van der Waals surface area (Å²) in [6.45, 7) is 3.98. The third kappa shape index (κ3) is 5.54. The number of aromatic amines is 1. The predicted molar refractivity (Wildman–Crippen MR) is 102 cm³/mol. The van der Waals surface area contributed by atoms with Crippen molar-refractivity contribution in [1.29, 1.82) is 0 Å². The first-order valence-corrected chi connectivity index (χ1v) is 9.82. The Balaban J connectivity index is 1.34. The van der Waals surface area contributed by atoms with E-state index in [0.717, 1.165) is 29.6 Å². The van der Waals surface area contributed by atoms with Gasteiger partial charge in [-0.05, 0) is 38.1 Å². The highest BCUT2D eigenvalue weighted by molar-refractivity contribution is 7.98. The third-order valence-electron chi connectivity index (χ3n) is 4.16. The van der Waals surface area contributed by atoms with Gasteiger partial charge in [-0.25, -0.2) is 4.98 Å². The summed E-state index contributed by atoms with van der Waals surface area (Å²) in [7, 11) is 0. The van der Waals surface area contributed by atoms with Gasteiger partial charge in [0.25, 0.3) is 5.56 Å². The van der Waals surface area contributed by atoms with Crippen molar-refractivity contribution in [3.05, 3.63) is 40.2 Å². The number of nitrogen functional groups attached to an aromatic ring is 1. The van der Waals surface area contributed by atoms with E-state index < -0.39 is 0 Å². The van der Waals surface area contributed by atoms with Crippen molar-refractivity contribution in [2.24, 2.45) is 0 Å². The van der Waals surface area contributed by atoms with Gasteiger partial charge in [-0.2, -0.15) is 11.8 Å². The largest absolute Gasteiger partial charge is 0.464 e. The van der Waals surface area contributed by atoms with Gasteiger partial charge in [0, 0.05) is 12.3 Å². The topological polar surface area (TPSA) is 100 Å². The predicted octanol–water partition coefficient (Wildman–Crippen LogP) is 2.28. The summed E-state index contributed by atoms with van der Waals surface area (Å²) in [4.78, 5) is 20.5. The molecule has 136 valence electrons. The van der Waals surface area contributed by atoms with E-state index in [2.05, 4.69) is 32.3 Å². The lowest BCUT2D eigenvalue weighted by Gasteiger charge is -2.25. The SMILES string of the molecule is Nc1cnc(NCCSCc2ccc(CN3CCCCC3)o2)[nH]c1=O. The Labute approximate surface area is 151 Å². The van der Waals surface area contributed by atoms with Crippen LogP contribution in [0, 0.1) is 0 Å². The van der Waals surface area contributed by atoms with Crippen LogP contribution in [-0.4, -0.2) is 40.3 Å². The molecule has 2 aromatic heterocycles. The minimum Gasteiger partial charge on any atom is -0.464 e. The molecule has 8 heteroatoms.